The van der Waals surface area contributed by atoms with E-state index in [2.05, 4.69) is 26.8 Å². The molecule has 0 heterocycles. The van der Waals surface area contributed by atoms with E-state index >= 15 is 0 Å². The van der Waals surface area contributed by atoms with Crippen LogP contribution in [0.15, 0.2) is 42.0 Å². The summed E-state index contributed by atoms with van der Waals surface area (Å²) < 4.78 is 5.71. The maximum Gasteiger partial charge on any atom is 0.0829 e. The summed E-state index contributed by atoms with van der Waals surface area (Å²) in [5, 5.41) is 21.3. The van der Waals surface area contributed by atoms with Crippen LogP contribution in [0.2, 0.25) is 0 Å². The Morgan fingerprint density at radius 2 is 1.63 bits per heavy atom. The van der Waals surface area contributed by atoms with Gasteiger partial charge in [-0.3, -0.25) is 0 Å². The molecule has 0 aliphatic heterocycles. The van der Waals surface area contributed by atoms with Crippen LogP contribution in [0.3, 0.4) is 0 Å². The van der Waals surface area contributed by atoms with E-state index in [1.165, 1.54) is 31.3 Å². The van der Waals surface area contributed by atoms with Gasteiger partial charge in [0.05, 0.1) is 25.4 Å². The quantitative estimate of drug-likeness (QED) is 0.307. The smallest absolute Gasteiger partial charge is 0.0829 e. The second kappa shape index (κ2) is 14.8. The fraction of sp³-hybridized carbons (Fsp3) is 0.667. The fourth-order valence-corrected chi connectivity index (χ4v) is 3.29. The summed E-state index contributed by atoms with van der Waals surface area (Å²) in [4.78, 5) is 0. The maximum atomic E-state index is 10.7. The van der Waals surface area contributed by atoms with Crippen LogP contribution < -0.4 is 0 Å². The molecule has 0 spiro atoms. The van der Waals surface area contributed by atoms with Crippen molar-refractivity contribution in [3.05, 3.63) is 47.5 Å². The molecule has 0 amide bonds. The van der Waals surface area contributed by atoms with Crippen molar-refractivity contribution >= 4 is 0 Å². The van der Waals surface area contributed by atoms with Gasteiger partial charge in [0.1, 0.15) is 0 Å². The van der Waals surface area contributed by atoms with Crippen molar-refractivity contribution < 1.29 is 14.9 Å². The molecule has 3 atom stereocenters. The lowest BCUT2D eigenvalue weighted by molar-refractivity contribution is -0.0432. The highest BCUT2D eigenvalue weighted by Gasteiger charge is 2.26. The van der Waals surface area contributed by atoms with E-state index in [9.17, 15) is 10.2 Å². The molecule has 1 aromatic carbocycles. The normalized spacial score (nSPS) is 14.6. The Kier molecular flexibility index (Phi) is 13.1. The number of aliphatic hydroxyl groups is 2. The van der Waals surface area contributed by atoms with Crippen molar-refractivity contribution in [2.75, 3.05) is 6.61 Å². The molecular weight excluding hydrogens is 336 g/mol. The average Bonchev–Trinajstić information content (AvgIpc) is 2.65. The molecule has 0 radical (unpaired) electrons. The highest BCUT2D eigenvalue weighted by Crippen LogP contribution is 2.22. The van der Waals surface area contributed by atoms with E-state index < -0.39 is 12.2 Å². The monoisotopic (exact) mass is 376 g/mol. The summed E-state index contributed by atoms with van der Waals surface area (Å²) >= 11 is 0. The van der Waals surface area contributed by atoms with Gasteiger partial charge >= 0.3 is 0 Å². The van der Waals surface area contributed by atoms with Crippen LogP contribution in [0.4, 0.5) is 0 Å². The van der Waals surface area contributed by atoms with E-state index in [1.807, 2.05) is 30.3 Å². The highest BCUT2D eigenvalue weighted by molar-refractivity contribution is 5.13. The molecule has 0 aromatic heterocycles. The van der Waals surface area contributed by atoms with E-state index in [0.717, 1.165) is 24.8 Å². The minimum Gasteiger partial charge on any atom is -0.393 e. The molecule has 0 bridgehead atoms. The SMILES string of the molecule is CCCCCCCC[C@H](O)[C@@H](CC=C(C)C)[C@@H](O)COCc1ccccc1. The second-order valence-electron chi connectivity index (χ2n) is 7.87. The number of rotatable bonds is 15. The molecule has 3 nitrogen and oxygen atoms in total. The summed E-state index contributed by atoms with van der Waals surface area (Å²) in [5.74, 6) is -0.175. The van der Waals surface area contributed by atoms with Gasteiger partial charge in [-0.1, -0.05) is 87.4 Å². The molecule has 1 aromatic rings. The molecule has 0 aliphatic rings. The van der Waals surface area contributed by atoms with Crippen LogP contribution in [0.5, 0.6) is 0 Å². The predicted octanol–water partition coefficient (Wildman–Crippen LogP) is 5.65. The lowest BCUT2D eigenvalue weighted by Gasteiger charge is -2.27. The van der Waals surface area contributed by atoms with Gasteiger partial charge in [-0.2, -0.15) is 0 Å². The molecule has 27 heavy (non-hydrogen) atoms. The first-order valence-corrected chi connectivity index (χ1v) is 10.7. The summed E-state index contributed by atoms with van der Waals surface area (Å²) in [6, 6.07) is 9.97. The fourth-order valence-electron chi connectivity index (χ4n) is 3.29. The predicted molar refractivity (Wildman–Crippen MR) is 114 cm³/mol. The third-order valence-corrected chi connectivity index (χ3v) is 5.04. The minimum atomic E-state index is -0.653. The van der Waals surface area contributed by atoms with Crippen molar-refractivity contribution in [3.8, 4) is 0 Å². The number of ether oxygens (including phenoxy) is 1. The van der Waals surface area contributed by atoms with Gasteiger partial charge in [0.15, 0.2) is 0 Å². The van der Waals surface area contributed by atoms with Crippen LogP contribution in [-0.4, -0.2) is 29.0 Å². The summed E-state index contributed by atoms with van der Waals surface area (Å²) in [6.45, 7) is 7.06. The number of benzene rings is 1. The van der Waals surface area contributed by atoms with E-state index in [-0.39, 0.29) is 12.5 Å². The van der Waals surface area contributed by atoms with Crippen LogP contribution in [-0.2, 0) is 11.3 Å². The number of unbranched alkanes of at least 4 members (excludes halogenated alkanes) is 5. The Bertz CT molecular complexity index is 494. The highest BCUT2D eigenvalue weighted by atomic mass is 16.5. The molecule has 0 saturated carbocycles. The van der Waals surface area contributed by atoms with Crippen molar-refractivity contribution in [1.29, 1.82) is 0 Å². The molecule has 3 heteroatoms. The topological polar surface area (TPSA) is 49.7 Å². The van der Waals surface area contributed by atoms with Gasteiger partial charge in [-0.05, 0) is 32.3 Å². The molecule has 0 aliphatic carbocycles. The minimum absolute atomic E-state index is 0.175. The number of aliphatic hydroxyl groups excluding tert-OH is 2. The standard InChI is InChI=1S/C24H40O3/c1-4-5-6-7-8-12-15-23(25)22(17-16-20(2)3)24(26)19-27-18-21-13-10-9-11-14-21/h9-11,13-14,16,22-26H,4-8,12,15,17-19H2,1-3H3/t22-,23+,24+/m1/s1. The summed E-state index contributed by atoms with van der Waals surface area (Å²) in [6.07, 6.45) is 9.66. The molecule has 1 rings (SSSR count). The maximum absolute atomic E-state index is 10.7. The Hall–Kier alpha value is -1.16. The molecule has 0 unspecified atom stereocenters. The first kappa shape index (κ1) is 23.9. The lowest BCUT2D eigenvalue weighted by atomic mass is 9.88. The molecule has 0 saturated heterocycles. The molecule has 0 fully saturated rings. The zero-order chi connectivity index (χ0) is 19.9. The van der Waals surface area contributed by atoms with E-state index in [4.69, 9.17) is 4.74 Å². The molecule has 154 valence electrons. The largest absolute Gasteiger partial charge is 0.393 e. The summed E-state index contributed by atoms with van der Waals surface area (Å²) in [7, 11) is 0. The van der Waals surface area contributed by atoms with Gasteiger partial charge in [0.25, 0.3) is 0 Å². The van der Waals surface area contributed by atoms with Crippen molar-refractivity contribution in [3.63, 3.8) is 0 Å². The third kappa shape index (κ3) is 11.3. The zero-order valence-electron chi connectivity index (χ0n) is 17.6. The van der Waals surface area contributed by atoms with E-state index in [1.54, 1.807) is 0 Å². The van der Waals surface area contributed by atoms with Crippen molar-refractivity contribution in [1.82, 2.24) is 0 Å². The number of hydrogen-bond acceptors (Lipinski definition) is 3. The van der Waals surface area contributed by atoms with Crippen molar-refractivity contribution in [2.24, 2.45) is 5.92 Å². The average molecular weight is 377 g/mol. The Balaban J connectivity index is 2.44. The summed E-state index contributed by atoms with van der Waals surface area (Å²) in [5.41, 5.74) is 2.31. The first-order valence-electron chi connectivity index (χ1n) is 10.7. The lowest BCUT2D eigenvalue weighted by Crippen LogP contribution is -2.34. The van der Waals surface area contributed by atoms with E-state index in [0.29, 0.717) is 13.0 Å². The second-order valence-corrected chi connectivity index (χ2v) is 7.87. The van der Waals surface area contributed by atoms with Gasteiger partial charge in [0.2, 0.25) is 0 Å². The van der Waals surface area contributed by atoms with Crippen LogP contribution in [0, 0.1) is 5.92 Å². The van der Waals surface area contributed by atoms with Crippen molar-refractivity contribution in [2.45, 2.75) is 91.0 Å². The zero-order valence-corrected chi connectivity index (χ0v) is 17.6. The van der Waals surface area contributed by atoms with Gasteiger partial charge < -0.3 is 14.9 Å². The number of allylic oxidation sites excluding steroid dienone is 2. The van der Waals surface area contributed by atoms with Gasteiger partial charge in [-0.25, -0.2) is 0 Å². The molecule has 2 N–H and O–H groups in total. The number of hydrogen-bond donors (Lipinski definition) is 2. The molecular formula is C24H40O3. The van der Waals surface area contributed by atoms with Crippen LogP contribution >= 0.6 is 0 Å². The van der Waals surface area contributed by atoms with Gasteiger partial charge in [0, 0.05) is 5.92 Å². The first-order chi connectivity index (χ1) is 13.0. The Morgan fingerprint density at radius 3 is 2.30 bits per heavy atom. The van der Waals surface area contributed by atoms with Gasteiger partial charge in [-0.15, -0.1) is 0 Å². The third-order valence-electron chi connectivity index (χ3n) is 5.04. The Morgan fingerprint density at radius 1 is 0.963 bits per heavy atom. The van der Waals surface area contributed by atoms with Crippen LogP contribution in [0.1, 0.15) is 77.7 Å². The van der Waals surface area contributed by atoms with Crippen LogP contribution in [0.25, 0.3) is 0 Å². The Labute approximate surface area is 166 Å².